The number of benzene rings is 1. The lowest BCUT2D eigenvalue weighted by molar-refractivity contribution is -0.131. The van der Waals surface area contributed by atoms with Crippen LogP contribution in [0.25, 0.3) is 0 Å². The highest BCUT2D eigenvalue weighted by molar-refractivity contribution is 5.99. The molecule has 0 saturated heterocycles. The third-order valence-corrected chi connectivity index (χ3v) is 2.51. The van der Waals surface area contributed by atoms with E-state index in [2.05, 4.69) is 15.6 Å². The minimum absolute atomic E-state index is 0.369. The number of aryl methyl sites for hydroxylation is 1. The summed E-state index contributed by atoms with van der Waals surface area (Å²) in [6.07, 6.45) is 1.66. The number of nitrogens with zero attached hydrogens (tertiary/aromatic N) is 1. The fourth-order valence-corrected chi connectivity index (χ4v) is 1.62. The van der Waals surface area contributed by atoms with Crippen LogP contribution >= 0.6 is 0 Å². The average Bonchev–Trinajstić information content (AvgIpc) is 2.41. The Hall–Kier alpha value is -2.89. The van der Waals surface area contributed by atoms with Crippen LogP contribution in [0.3, 0.4) is 0 Å². The predicted octanol–water partition coefficient (Wildman–Crippen LogP) is 2.96. The number of carbonyl (C=O) groups excluding carboxylic acids is 2. The fraction of sp³-hybridized carbons (Fsp3) is 0.133. The number of carbonyl (C=O) groups is 2. The summed E-state index contributed by atoms with van der Waals surface area (Å²) < 4.78 is 4.94. The van der Waals surface area contributed by atoms with E-state index in [0.717, 1.165) is 5.56 Å². The fourth-order valence-electron chi connectivity index (χ4n) is 1.62. The summed E-state index contributed by atoms with van der Waals surface area (Å²) in [7, 11) is 0. The molecule has 0 radical (unpaired) electrons. The van der Waals surface area contributed by atoms with E-state index in [1.807, 2.05) is 13.0 Å². The van der Waals surface area contributed by atoms with Crippen molar-refractivity contribution in [1.29, 1.82) is 0 Å². The highest BCUT2D eigenvalue weighted by atomic mass is 16.5. The summed E-state index contributed by atoms with van der Waals surface area (Å²) in [5.74, 6) is 0.406. The molecule has 2 rings (SSSR count). The zero-order chi connectivity index (χ0) is 15.2. The molecule has 1 aromatic carbocycles. The molecule has 1 aromatic heterocycles. The summed E-state index contributed by atoms with van der Waals surface area (Å²) in [6, 6.07) is 9.70. The zero-order valence-electron chi connectivity index (χ0n) is 11.7. The van der Waals surface area contributed by atoms with E-state index in [1.54, 1.807) is 36.5 Å². The molecule has 108 valence electrons. The molecule has 0 fully saturated rings. The van der Waals surface area contributed by atoms with Crippen molar-refractivity contribution in [2.75, 3.05) is 10.6 Å². The first kappa shape index (κ1) is 14.5. The van der Waals surface area contributed by atoms with Crippen LogP contribution in [-0.2, 0) is 4.79 Å². The van der Waals surface area contributed by atoms with Crippen LogP contribution < -0.4 is 15.4 Å². The smallest absolute Gasteiger partial charge is 0.324 e. The summed E-state index contributed by atoms with van der Waals surface area (Å²) in [6.45, 7) is 3.23. The second-order valence-corrected chi connectivity index (χ2v) is 4.42. The lowest BCUT2D eigenvalue weighted by Crippen LogP contribution is -2.20. The van der Waals surface area contributed by atoms with Crippen LogP contribution in [0.2, 0.25) is 0 Å². The van der Waals surface area contributed by atoms with Crippen LogP contribution in [0.5, 0.6) is 5.75 Å². The van der Waals surface area contributed by atoms with E-state index in [0.29, 0.717) is 17.3 Å². The molecule has 0 atom stereocenters. The van der Waals surface area contributed by atoms with Gasteiger partial charge in [0.1, 0.15) is 11.6 Å². The van der Waals surface area contributed by atoms with Crippen molar-refractivity contribution < 1.29 is 14.3 Å². The molecule has 0 spiro atoms. The van der Waals surface area contributed by atoms with Crippen molar-refractivity contribution in [1.82, 2.24) is 4.98 Å². The standard InChI is InChI=1S/C15H15N3O3/c1-10-6-7-14(16-9-10)18-15(20)17-12-4-3-5-13(8-12)21-11(2)19/h3-9H,1-2H3,(H2,16,17,18,20). The van der Waals surface area contributed by atoms with Gasteiger partial charge in [-0.15, -0.1) is 0 Å². The minimum atomic E-state index is -0.425. The van der Waals surface area contributed by atoms with E-state index < -0.39 is 12.0 Å². The van der Waals surface area contributed by atoms with Gasteiger partial charge in [-0.3, -0.25) is 10.1 Å². The van der Waals surface area contributed by atoms with E-state index in [1.165, 1.54) is 6.92 Å². The summed E-state index contributed by atoms with van der Waals surface area (Å²) in [5.41, 5.74) is 1.52. The maximum atomic E-state index is 11.8. The molecule has 0 bridgehead atoms. The topological polar surface area (TPSA) is 80.3 Å². The summed E-state index contributed by atoms with van der Waals surface area (Å²) >= 11 is 0. The zero-order valence-corrected chi connectivity index (χ0v) is 11.7. The molecular formula is C15H15N3O3. The molecule has 0 unspecified atom stereocenters. The molecule has 6 nitrogen and oxygen atoms in total. The lowest BCUT2D eigenvalue weighted by Gasteiger charge is -2.08. The molecule has 2 N–H and O–H groups in total. The monoisotopic (exact) mass is 285 g/mol. The number of nitrogens with one attached hydrogen (secondary N) is 2. The van der Waals surface area contributed by atoms with Crippen LogP contribution in [0.4, 0.5) is 16.3 Å². The van der Waals surface area contributed by atoms with Crippen molar-refractivity contribution in [3.05, 3.63) is 48.2 Å². The Morgan fingerprint density at radius 2 is 1.95 bits per heavy atom. The lowest BCUT2D eigenvalue weighted by atomic mass is 10.3. The van der Waals surface area contributed by atoms with Gasteiger partial charge in [0.25, 0.3) is 0 Å². The molecule has 21 heavy (non-hydrogen) atoms. The van der Waals surface area contributed by atoms with Gasteiger partial charge in [-0.1, -0.05) is 12.1 Å². The number of amides is 2. The van der Waals surface area contributed by atoms with E-state index in [-0.39, 0.29) is 0 Å². The van der Waals surface area contributed by atoms with Crippen LogP contribution in [-0.4, -0.2) is 17.0 Å². The van der Waals surface area contributed by atoms with Gasteiger partial charge in [0.15, 0.2) is 0 Å². The number of hydrogen-bond donors (Lipinski definition) is 2. The molecule has 2 amide bonds. The third kappa shape index (κ3) is 4.61. The second kappa shape index (κ2) is 6.51. The number of anilines is 2. The Kier molecular flexibility index (Phi) is 4.50. The van der Waals surface area contributed by atoms with Crippen molar-refractivity contribution in [2.45, 2.75) is 13.8 Å². The Labute approximate surface area is 122 Å². The third-order valence-electron chi connectivity index (χ3n) is 2.51. The molecule has 0 aliphatic carbocycles. The minimum Gasteiger partial charge on any atom is -0.427 e. The number of esters is 1. The highest BCUT2D eigenvalue weighted by Gasteiger charge is 2.05. The number of hydrogen-bond acceptors (Lipinski definition) is 4. The predicted molar refractivity (Wildman–Crippen MR) is 79.4 cm³/mol. The van der Waals surface area contributed by atoms with E-state index in [4.69, 9.17) is 4.74 Å². The van der Waals surface area contributed by atoms with Crippen molar-refractivity contribution in [2.24, 2.45) is 0 Å². The molecule has 0 saturated carbocycles. The first-order chi connectivity index (χ1) is 10.0. The Balaban J connectivity index is 1.99. The SMILES string of the molecule is CC(=O)Oc1cccc(NC(=O)Nc2ccc(C)cn2)c1. The number of ether oxygens (including phenoxy) is 1. The first-order valence-electron chi connectivity index (χ1n) is 6.32. The van der Waals surface area contributed by atoms with E-state index >= 15 is 0 Å². The average molecular weight is 285 g/mol. The Bertz CT molecular complexity index is 653. The number of aromatic nitrogens is 1. The highest BCUT2D eigenvalue weighted by Crippen LogP contribution is 2.17. The van der Waals surface area contributed by atoms with Gasteiger partial charge < -0.3 is 10.1 Å². The molecular weight excluding hydrogens is 270 g/mol. The van der Waals surface area contributed by atoms with Crippen molar-refractivity contribution >= 4 is 23.5 Å². The van der Waals surface area contributed by atoms with E-state index in [9.17, 15) is 9.59 Å². The molecule has 0 aliphatic rings. The van der Waals surface area contributed by atoms with Gasteiger partial charge in [-0.2, -0.15) is 0 Å². The molecule has 1 heterocycles. The van der Waals surface area contributed by atoms with Crippen molar-refractivity contribution in [3.63, 3.8) is 0 Å². The number of urea groups is 1. The first-order valence-corrected chi connectivity index (χ1v) is 6.32. The maximum absolute atomic E-state index is 11.8. The number of pyridine rings is 1. The van der Waals surface area contributed by atoms with Crippen LogP contribution in [0, 0.1) is 6.92 Å². The van der Waals surface area contributed by atoms with Crippen molar-refractivity contribution in [3.8, 4) is 5.75 Å². The maximum Gasteiger partial charge on any atom is 0.324 e. The second-order valence-electron chi connectivity index (χ2n) is 4.42. The van der Waals surface area contributed by atoms with Gasteiger partial charge >= 0.3 is 12.0 Å². The van der Waals surface area contributed by atoms with Gasteiger partial charge in [-0.05, 0) is 30.7 Å². The quantitative estimate of drug-likeness (QED) is 0.671. The van der Waals surface area contributed by atoms with Gasteiger partial charge in [0.05, 0.1) is 0 Å². The number of rotatable bonds is 3. The normalized spacial score (nSPS) is 9.81. The summed E-state index contributed by atoms with van der Waals surface area (Å²) in [5, 5.41) is 5.25. The molecule has 6 heteroatoms. The molecule has 2 aromatic rings. The van der Waals surface area contributed by atoms with Gasteiger partial charge in [0, 0.05) is 24.9 Å². The molecule has 0 aliphatic heterocycles. The Morgan fingerprint density at radius 3 is 2.62 bits per heavy atom. The van der Waals surface area contributed by atoms with Gasteiger partial charge in [-0.25, -0.2) is 9.78 Å². The van der Waals surface area contributed by atoms with Crippen LogP contribution in [0.15, 0.2) is 42.6 Å². The summed E-state index contributed by atoms with van der Waals surface area (Å²) in [4.78, 5) is 26.8. The Morgan fingerprint density at radius 1 is 1.14 bits per heavy atom. The van der Waals surface area contributed by atoms with Crippen LogP contribution in [0.1, 0.15) is 12.5 Å². The van der Waals surface area contributed by atoms with Gasteiger partial charge in [0.2, 0.25) is 0 Å². The largest absolute Gasteiger partial charge is 0.427 e.